The van der Waals surface area contributed by atoms with Gasteiger partial charge in [0.25, 0.3) is 0 Å². The van der Waals surface area contributed by atoms with Gasteiger partial charge in [-0.25, -0.2) is 4.98 Å². The van der Waals surface area contributed by atoms with Crippen LogP contribution in [0.15, 0.2) is 46.9 Å². The normalized spacial score (nSPS) is 27.0. The maximum Gasteiger partial charge on any atom is 0.210 e. The van der Waals surface area contributed by atoms with Crippen LogP contribution in [0.5, 0.6) is 5.75 Å². The number of ether oxygens (including phenoxy) is 2. The molecule has 0 saturated carbocycles. The van der Waals surface area contributed by atoms with E-state index in [1.54, 1.807) is 32.0 Å². The number of oxazole rings is 1. The Bertz CT molecular complexity index is 1190. The summed E-state index contributed by atoms with van der Waals surface area (Å²) in [5, 5.41) is 21.7. The molecule has 2 aliphatic heterocycles. The van der Waals surface area contributed by atoms with Crippen molar-refractivity contribution in [1.82, 2.24) is 9.88 Å². The number of benzene rings is 2. The number of nitrogens with zero attached hydrogens (tertiary/aromatic N) is 3. The van der Waals surface area contributed by atoms with Gasteiger partial charge >= 0.3 is 0 Å². The molecule has 1 saturated heterocycles. The minimum atomic E-state index is -1.89. The third kappa shape index (κ3) is 3.31. The van der Waals surface area contributed by atoms with Crippen LogP contribution >= 0.6 is 0 Å². The SMILES string of the molecule is CC1(C)Oc2ccc(C#N)cc2C(CCN2CCOCC2)(c2nc3ccccc3o2)C1(N)O. The first-order valence-corrected chi connectivity index (χ1v) is 11.2. The molecule has 0 bridgehead atoms. The number of aliphatic hydroxyl groups is 1. The van der Waals surface area contributed by atoms with Gasteiger partial charge in [0.2, 0.25) is 5.89 Å². The standard InChI is InChI=1S/C25H28N4O4/c1-23(2)25(27,30)24(9-10-29-11-13-31-14-12-29,18-15-17(16-26)7-8-20(18)33-23)22-28-19-5-3-4-6-21(19)32-22/h3-8,15,30H,9-14,27H2,1-2H3. The van der Waals surface area contributed by atoms with Gasteiger partial charge in [0.1, 0.15) is 22.3 Å². The van der Waals surface area contributed by atoms with E-state index < -0.39 is 16.7 Å². The topological polar surface area (TPSA) is 118 Å². The van der Waals surface area contributed by atoms with Gasteiger partial charge in [-0.2, -0.15) is 5.26 Å². The Morgan fingerprint density at radius 3 is 2.67 bits per heavy atom. The summed E-state index contributed by atoms with van der Waals surface area (Å²) in [5.74, 6) is 0.869. The summed E-state index contributed by atoms with van der Waals surface area (Å²) in [4.78, 5) is 7.08. The number of hydrogen-bond donors (Lipinski definition) is 2. The van der Waals surface area contributed by atoms with Crippen LogP contribution < -0.4 is 10.5 Å². The molecule has 33 heavy (non-hydrogen) atoms. The molecule has 1 fully saturated rings. The Hall–Kier alpha value is -2.96. The second-order valence-electron chi connectivity index (χ2n) is 9.30. The van der Waals surface area contributed by atoms with Crippen LogP contribution in [0, 0.1) is 11.3 Å². The lowest BCUT2D eigenvalue weighted by molar-refractivity contribution is -0.172. The van der Waals surface area contributed by atoms with E-state index in [9.17, 15) is 10.4 Å². The number of rotatable bonds is 4. The zero-order valence-electron chi connectivity index (χ0n) is 18.9. The van der Waals surface area contributed by atoms with Crippen LogP contribution in [0.1, 0.15) is 37.3 Å². The number of aromatic nitrogens is 1. The first kappa shape index (κ1) is 21.9. The van der Waals surface area contributed by atoms with E-state index in [4.69, 9.17) is 24.6 Å². The van der Waals surface area contributed by atoms with Crippen molar-refractivity contribution in [2.75, 3.05) is 32.8 Å². The molecule has 5 rings (SSSR count). The highest BCUT2D eigenvalue weighted by Gasteiger charge is 2.66. The van der Waals surface area contributed by atoms with Crippen molar-refractivity contribution in [3.63, 3.8) is 0 Å². The molecule has 3 N–H and O–H groups in total. The molecule has 8 heteroatoms. The molecular weight excluding hydrogens is 420 g/mol. The smallest absolute Gasteiger partial charge is 0.210 e. The van der Waals surface area contributed by atoms with Crippen molar-refractivity contribution >= 4 is 11.1 Å². The zero-order chi connectivity index (χ0) is 23.3. The molecule has 3 aromatic rings. The molecule has 2 atom stereocenters. The zero-order valence-corrected chi connectivity index (χ0v) is 18.9. The number of para-hydroxylation sites is 2. The third-order valence-corrected chi connectivity index (χ3v) is 7.07. The van der Waals surface area contributed by atoms with Crippen molar-refractivity contribution in [3.05, 3.63) is 59.5 Å². The maximum atomic E-state index is 12.1. The number of nitriles is 1. The molecule has 2 aromatic carbocycles. The molecule has 2 unspecified atom stereocenters. The van der Waals surface area contributed by atoms with E-state index in [1.807, 2.05) is 24.3 Å². The van der Waals surface area contributed by atoms with E-state index in [2.05, 4.69) is 11.0 Å². The number of morpholine rings is 1. The molecule has 2 aliphatic rings. The monoisotopic (exact) mass is 448 g/mol. The maximum absolute atomic E-state index is 12.1. The summed E-state index contributed by atoms with van der Waals surface area (Å²) in [6.07, 6.45) is 0.418. The molecule has 0 aliphatic carbocycles. The summed E-state index contributed by atoms with van der Waals surface area (Å²) in [7, 11) is 0. The first-order chi connectivity index (χ1) is 15.8. The fraction of sp³-hybridized carbons (Fsp3) is 0.440. The Morgan fingerprint density at radius 2 is 1.94 bits per heavy atom. The summed E-state index contributed by atoms with van der Waals surface area (Å²) >= 11 is 0. The van der Waals surface area contributed by atoms with E-state index in [0.29, 0.717) is 60.0 Å². The summed E-state index contributed by atoms with van der Waals surface area (Å²) in [5.41, 5.74) is 4.83. The second-order valence-corrected chi connectivity index (χ2v) is 9.30. The lowest BCUT2D eigenvalue weighted by Crippen LogP contribution is -2.74. The lowest BCUT2D eigenvalue weighted by Gasteiger charge is -2.55. The van der Waals surface area contributed by atoms with Crippen LogP contribution in [0.25, 0.3) is 11.1 Å². The third-order valence-electron chi connectivity index (χ3n) is 7.07. The quantitative estimate of drug-likeness (QED) is 0.585. The van der Waals surface area contributed by atoms with Gasteiger partial charge in [-0.1, -0.05) is 12.1 Å². The van der Waals surface area contributed by atoms with Gasteiger partial charge in [0.05, 0.1) is 24.8 Å². The predicted octanol–water partition coefficient (Wildman–Crippen LogP) is 2.53. The molecule has 0 spiro atoms. The largest absolute Gasteiger partial charge is 0.483 e. The number of nitrogens with two attached hydrogens (primary N) is 1. The Labute approximate surface area is 192 Å². The van der Waals surface area contributed by atoms with Gasteiger partial charge in [-0.05, 0) is 57.1 Å². The molecule has 1 aromatic heterocycles. The first-order valence-electron chi connectivity index (χ1n) is 11.2. The second kappa shape index (κ2) is 7.82. The van der Waals surface area contributed by atoms with Crippen molar-refractivity contribution in [2.45, 2.75) is 37.0 Å². The molecular formula is C25H28N4O4. The van der Waals surface area contributed by atoms with E-state index in [-0.39, 0.29) is 0 Å². The highest BCUT2D eigenvalue weighted by Crippen LogP contribution is 2.55. The summed E-state index contributed by atoms with van der Waals surface area (Å²) in [6, 6.07) is 14.9. The van der Waals surface area contributed by atoms with Gasteiger partial charge in [0, 0.05) is 18.7 Å². The average molecular weight is 449 g/mol. The van der Waals surface area contributed by atoms with Crippen LogP contribution in [0.3, 0.4) is 0 Å². The van der Waals surface area contributed by atoms with Crippen molar-refractivity contribution < 1.29 is 19.0 Å². The Balaban J connectivity index is 1.76. The van der Waals surface area contributed by atoms with Crippen LogP contribution in [-0.2, 0) is 10.2 Å². The fourth-order valence-electron chi connectivity index (χ4n) is 5.01. The predicted molar refractivity (Wildman–Crippen MR) is 122 cm³/mol. The van der Waals surface area contributed by atoms with Crippen molar-refractivity contribution in [1.29, 1.82) is 5.26 Å². The Kier molecular flexibility index (Phi) is 5.18. The molecule has 0 radical (unpaired) electrons. The van der Waals surface area contributed by atoms with Crippen molar-refractivity contribution in [3.8, 4) is 11.8 Å². The van der Waals surface area contributed by atoms with E-state index in [1.165, 1.54) is 0 Å². The van der Waals surface area contributed by atoms with Crippen LogP contribution in [0.4, 0.5) is 0 Å². The number of fused-ring (bicyclic) bond motifs is 2. The molecule has 172 valence electrons. The van der Waals surface area contributed by atoms with Gasteiger partial charge < -0.3 is 19.0 Å². The van der Waals surface area contributed by atoms with E-state index >= 15 is 0 Å². The molecule has 8 nitrogen and oxygen atoms in total. The number of hydrogen-bond acceptors (Lipinski definition) is 8. The lowest BCUT2D eigenvalue weighted by atomic mass is 9.61. The average Bonchev–Trinajstić information content (AvgIpc) is 3.24. The molecule has 0 amide bonds. The van der Waals surface area contributed by atoms with Crippen molar-refractivity contribution in [2.24, 2.45) is 5.73 Å². The van der Waals surface area contributed by atoms with E-state index in [0.717, 1.165) is 13.1 Å². The minimum absolute atomic E-state index is 0.315. The Morgan fingerprint density at radius 1 is 1.18 bits per heavy atom. The summed E-state index contributed by atoms with van der Waals surface area (Å²) in [6.45, 7) is 7.06. The van der Waals surface area contributed by atoms with Gasteiger partial charge in [0.15, 0.2) is 11.3 Å². The fourth-order valence-corrected chi connectivity index (χ4v) is 5.01. The highest BCUT2D eigenvalue weighted by atomic mass is 16.5. The van der Waals surface area contributed by atoms with Gasteiger partial charge in [-0.15, -0.1) is 0 Å². The molecule has 3 heterocycles. The minimum Gasteiger partial charge on any atom is -0.483 e. The van der Waals surface area contributed by atoms with Gasteiger partial charge in [-0.3, -0.25) is 10.6 Å². The van der Waals surface area contributed by atoms with Crippen LogP contribution in [-0.4, -0.2) is 59.2 Å². The highest BCUT2D eigenvalue weighted by molar-refractivity contribution is 5.73. The summed E-state index contributed by atoms with van der Waals surface area (Å²) < 4.78 is 18.0. The van der Waals surface area contributed by atoms with Crippen LogP contribution in [0.2, 0.25) is 0 Å².